The molecule has 0 aliphatic carbocycles. The number of thiocarbonyl (C=S) groups is 1. The molecule has 0 aromatic rings. The smallest absolute Gasteiger partial charge is 0.337 e. The average molecular weight is 252 g/mol. The average Bonchev–Trinajstić information content (AvgIpc) is 2.28. The minimum atomic E-state index is -0.316. The SMILES string of the molecule is CCC#CCCOC(=O)C1=C(C)NC(=S)NC1. The van der Waals surface area contributed by atoms with Crippen LogP contribution in [-0.2, 0) is 9.53 Å². The molecule has 1 rings (SSSR count). The third-order valence-corrected chi connectivity index (χ3v) is 2.43. The van der Waals surface area contributed by atoms with Crippen LogP contribution in [0.1, 0.15) is 26.7 Å². The van der Waals surface area contributed by atoms with Crippen LogP contribution in [0.15, 0.2) is 11.3 Å². The summed E-state index contributed by atoms with van der Waals surface area (Å²) < 4.78 is 5.11. The van der Waals surface area contributed by atoms with Gasteiger partial charge in [0, 0.05) is 18.5 Å². The monoisotopic (exact) mass is 252 g/mol. The van der Waals surface area contributed by atoms with Gasteiger partial charge >= 0.3 is 5.97 Å². The quantitative estimate of drug-likeness (QED) is 0.341. The number of esters is 1. The summed E-state index contributed by atoms with van der Waals surface area (Å²) in [6.07, 6.45) is 1.40. The number of ether oxygens (including phenoxy) is 1. The second kappa shape index (κ2) is 6.92. The molecule has 0 radical (unpaired) electrons. The Hall–Kier alpha value is -1.54. The van der Waals surface area contributed by atoms with Crippen LogP contribution in [0.2, 0.25) is 0 Å². The first-order valence-corrected chi connectivity index (χ1v) is 5.93. The molecule has 1 aliphatic rings. The molecule has 0 spiro atoms. The molecule has 2 N–H and O–H groups in total. The first kappa shape index (κ1) is 13.5. The van der Waals surface area contributed by atoms with Crippen LogP contribution in [0, 0.1) is 11.8 Å². The van der Waals surface area contributed by atoms with Crippen molar-refractivity contribution >= 4 is 23.3 Å². The van der Waals surface area contributed by atoms with Gasteiger partial charge in [-0.1, -0.05) is 12.8 Å². The predicted molar refractivity (Wildman–Crippen MR) is 70.1 cm³/mol. The molecule has 0 saturated heterocycles. The number of carbonyl (C=O) groups is 1. The zero-order valence-electron chi connectivity index (χ0n) is 10.1. The lowest BCUT2D eigenvalue weighted by Gasteiger charge is -2.20. The zero-order valence-corrected chi connectivity index (χ0v) is 10.9. The van der Waals surface area contributed by atoms with Crippen LogP contribution in [0.4, 0.5) is 0 Å². The summed E-state index contributed by atoms with van der Waals surface area (Å²) in [5, 5.41) is 6.31. The molecule has 17 heavy (non-hydrogen) atoms. The van der Waals surface area contributed by atoms with Gasteiger partial charge in [-0.2, -0.15) is 0 Å². The summed E-state index contributed by atoms with van der Waals surface area (Å²) in [6, 6.07) is 0. The van der Waals surface area contributed by atoms with Gasteiger partial charge in [-0.25, -0.2) is 4.79 Å². The Balaban J connectivity index is 2.42. The van der Waals surface area contributed by atoms with E-state index >= 15 is 0 Å². The molecular weight excluding hydrogens is 236 g/mol. The van der Waals surface area contributed by atoms with Crippen LogP contribution in [0.3, 0.4) is 0 Å². The number of allylic oxidation sites excluding steroid dienone is 1. The van der Waals surface area contributed by atoms with Crippen molar-refractivity contribution in [3.8, 4) is 11.8 Å². The molecule has 4 nitrogen and oxygen atoms in total. The van der Waals surface area contributed by atoms with E-state index in [1.165, 1.54) is 0 Å². The maximum Gasteiger partial charge on any atom is 0.337 e. The summed E-state index contributed by atoms with van der Waals surface area (Å²) in [5.74, 6) is 5.52. The van der Waals surface area contributed by atoms with Crippen LogP contribution >= 0.6 is 12.2 Å². The van der Waals surface area contributed by atoms with Crippen molar-refractivity contribution in [1.29, 1.82) is 0 Å². The summed E-state index contributed by atoms with van der Waals surface area (Å²) in [5.41, 5.74) is 1.33. The van der Waals surface area contributed by atoms with Gasteiger partial charge in [-0.3, -0.25) is 0 Å². The standard InChI is InChI=1S/C12H16N2O2S/c1-3-4-5-6-7-16-11(15)10-8-13-12(17)14-9(10)2/h3,6-8H2,1-2H3,(H2,13,14,17). The van der Waals surface area contributed by atoms with Gasteiger partial charge in [0.1, 0.15) is 6.61 Å². The van der Waals surface area contributed by atoms with E-state index < -0.39 is 0 Å². The largest absolute Gasteiger partial charge is 0.461 e. The van der Waals surface area contributed by atoms with E-state index in [1.807, 2.05) is 6.92 Å². The van der Waals surface area contributed by atoms with Crippen molar-refractivity contribution < 1.29 is 9.53 Å². The lowest BCUT2D eigenvalue weighted by atomic mass is 10.2. The van der Waals surface area contributed by atoms with Crippen molar-refractivity contribution in [1.82, 2.24) is 10.6 Å². The number of hydrogen-bond donors (Lipinski definition) is 2. The van der Waals surface area contributed by atoms with E-state index in [0.29, 0.717) is 30.3 Å². The van der Waals surface area contributed by atoms with E-state index in [9.17, 15) is 4.79 Å². The van der Waals surface area contributed by atoms with Crippen molar-refractivity contribution in [2.24, 2.45) is 0 Å². The summed E-state index contributed by atoms with van der Waals surface area (Å²) >= 11 is 4.93. The normalized spacial score (nSPS) is 14.4. The first-order valence-electron chi connectivity index (χ1n) is 5.52. The Morgan fingerprint density at radius 2 is 2.29 bits per heavy atom. The van der Waals surface area contributed by atoms with Gasteiger partial charge in [-0.05, 0) is 19.1 Å². The molecule has 0 unspecified atom stereocenters. The highest BCUT2D eigenvalue weighted by Crippen LogP contribution is 2.07. The second-order valence-electron chi connectivity index (χ2n) is 3.50. The fraction of sp³-hybridized carbons (Fsp3) is 0.500. The Labute approximate surface area is 107 Å². The van der Waals surface area contributed by atoms with Crippen LogP contribution in [-0.4, -0.2) is 24.2 Å². The fourth-order valence-electron chi connectivity index (χ4n) is 1.31. The molecule has 1 heterocycles. The van der Waals surface area contributed by atoms with Crippen molar-refractivity contribution in [3.63, 3.8) is 0 Å². The topological polar surface area (TPSA) is 50.4 Å². The number of nitrogens with one attached hydrogen (secondary N) is 2. The minimum absolute atomic E-state index is 0.316. The van der Waals surface area contributed by atoms with Gasteiger partial charge in [-0.15, -0.1) is 5.92 Å². The van der Waals surface area contributed by atoms with E-state index in [1.54, 1.807) is 6.92 Å². The van der Waals surface area contributed by atoms with E-state index in [-0.39, 0.29) is 5.97 Å². The highest BCUT2D eigenvalue weighted by atomic mass is 32.1. The summed E-state index contributed by atoms with van der Waals surface area (Å²) in [7, 11) is 0. The summed E-state index contributed by atoms with van der Waals surface area (Å²) in [6.45, 7) is 4.53. The molecule has 0 fully saturated rings. The Morgan fingerprint density at radius 3 is 2.94 bits per heavy atom. The lowest BCUT2D eigenvalue weighted by molar-refractivity contribution is -0.139. The molecule has 0 saturated carbocycles. The number of carbonyl (C=O) groups excluding carboxylic acids is 1. The van der Waals surface area contributed by atoms with Crippen LogP contribution in [0.5, 0.6) is 0 Å². The maximum atomic E-state index is 11.7. The Morgan fingerprint density at radius 1 is 1.53 bits per heavy atom. The predicted octanol–water partition coefficient (Wildman–Crippen LogP) is 1.08. The van der Waals surface area contributed by atoms with E-state index in [2.05, 4.69) is 22.5 Å². The molecule has 0 bridgehead atoms. The third kappa shape index (κ3) is 4.45. The molecule has 92 valence electrons. The van der Waals surface area contributed by atoms with E-state index in [0.717, 1.165) is 12.1 Å². The second-order valence-corrected chi connectivity index (χ2v) is 3.91. The van der Waals surface area contributed by atoms with E-state index in [4.69, 9.17) is 17.0 Å². The van der Waals surface area contributed by atoms with Crippen molar-refractivity contribution in [2.75, 3.05) is 13.2 Å². The highest BCUT2D eigenvalue weighted by Gasteiger charge is 2.19. The molecule has 0 amide bonds. The molecule has 0 atom stereocenters. The van der Waals surface area contributed by atoms with Crippen LogP contribution in [0.25, 0.3) is 0 Å². The fourth-order valence-corrected chi connectivity index (χ4v) is 1.54. The molecule has 1 aliphatic heterocycles. The number of hydrogen-bond acceptors (Lipinski definition) is 3. The van der Waals surface area contributed by atoms with Crippen molar-refractivity contribution in [2.45, 2.75) is 26.7 Å². The van der Waals surface area contributed by atoms with Gasteiger partial charge in [0.15, 0.2) is 5.11 Å². The zero-order chi connectivity index (χ0) is 12.7. The third-order valence-electron chi connectivity index (χ3n) is 2.19. The molecule has 0 aromatic carbocycles. The molecule has 5 heteroatoms. The molecular formula is C12H16N2O2S. The van der Waals surface area contributed by atoms with Crippen molar-refractivity contribution in [3.05, 3.63) is 11.3 Å². The van der Waals surface area contributed by atoms with Gasteiger partial charge in [0.2, 0.25) is 0 Å². The lowest BCUT2D eigenvalue weighted by Crippen LogP contribution is -2.42. The Bertz CT molecular complexity index is 404. The van der Waals surface area contributed by atoms with Gasteiger partial charge < -0.3 is 15.4 Å². The highest BCUT2D eigenvalue weighted by molar-refractivity contribution is 7.80. The van der Waals surface area contributed by atoms with Crippen LogP contribution < -0.4 is 10.6 Å². The van der Waals surface area contributed by atoms with Gasteiger partial charge in [0.25, 0.3) is 0 Å². The van der Waals surface area contributed by atoms with Gasteiger partial charge in [0.05, 0.1) is 12.1 Å². The molecule has 0 aromatic heterocycles. The number of rotatable bonds is 3. The maximum absolute atomic E-state index is 11.7. The summed E-state index contributed by atoms with van der Waals surface area (Å²) in [4.78, 5) is 11.7. The Kier molecular flexibility index (Phi) is 5.50. The first-order chi connectivity index (χ1) is 8.15. The minimum Gasteiger partial charge on any atom is -0.461 e.